The highest BCUT2D eigenvalue weighted by molar-refractivity contribution is 4.84. The molecule has 19 heavy (non-hydrogen) atoms. The fourth-order valence-corrected chi connectivity index (χ4v) is 4.09. The van der Waals surface area contributed by atoms with Crippen molar-refractivity contribution in [3.63, 3.8) is 0 Å². The SMILES string of the molecule is CCCC1CCC(N)C(CN2CCCCCCC2)C1. The molecule has 1 heterocycles. The second-order valence-electron chi connectivity index (χ2n) is 6.96. The zero-order valence-electron chi connectivity index (χ0n) is 12.9. The first-order valence-corrected chi connectivity index (χ1v) is 8.77. The minimum Gasteiger partial charge on any atom is -0.327 e. The second kappa shape index (κ2) is 8.26. The molecule has 3 unspecified atom stereocenters. The van der Waals surface area contributed by atoms with Crippen LogP contribution in [-0.2, 0) is 0 Å². The van der Waals surface area contributed by atoms with Crippen LogP contribution < -0.4 is 5.73 Å². The van der Waals surface area contributed by atoms with E-state index in [9.17, 15) is 0 Å². The summed E-state index contributed by atoms with van der Waals surface area (Å²) in [5.41, 5.74) is 6.40. The molecule has 0 aromatic rings. The Kier molecular flexibility index (Phi) is 6.66. The van der Waals surface area contributed by atoms with Crippen molar-refractivity contribution in [3.05, 3.63) is 0 Å². The third-order valence-corrected chi connectivity index (χ3v) is 5.29. The molecule has 1 aliphatic carbocycles. The van der Waals surface area contributed by atoms with Gasteiger partial charge in [0.25, 0.3) is 0 Å². The van der Waals surface area contributed by atoms with E-state index < -0.39 is 0 Å². The first-order chi connectivity index (χ1) is 9.29. The van der Waals surface area contributed by atoms with Gasteiger partial charge >= 0.3 is 0 Å². The van der Waals surface area contributed by atoms with Gasteiger partial charge in [-0.3, -0.25) is 0 Å². The standard InChI is InChI=1S/C17H34N2/c1-2-8-15-9-10-17(18)16(13-15)14-19-11-6-4-3-5-7-12-19/h15-17H,2-14,18H2,1H3. The highest BCUT2D eigenvalue weighted by Crippen LogP contribution is 2.32. The number of likely N-dealkylation sites (tertiary alicyclic amines) is 1. The molecule has 1 saturated carbocycles. The molecule has 0 bridgehead atoms. The third kappa shape index (κ3) is 5.07. The molecule has 0 aromatic heterocycles. The summed E-state index contributed by atoms with van der Waals surface area (Å²) in [6.07, 6.45) is 13.9. The van der Waals surface area contributed by atoms with E-state index in [-0.39, 0.29) is 0 Å². The summed E-state index contributed by atoms with van der Waals surface area (Å²) in [6.45, 7) is 6.24. The van der Waals surface area contributed by atoms with Crippen LogP contribution in [0.15, 0.2) is 0 Å². The highest BCUT2D eigenvalue weighted by atomic mass is 15.1. The molecule has 2 heteroatoms. The van der Waals surface area contributed by atoms with Crippen LogP contribution >= 0.6 is 0 Å². The highest BCUT2D eigenvalue weighted by Gasteiger charge is 2.29. The normalized spacial score (nSPS) is 34.7. The lowest BCUT2D eigenvalue weighted by Crippen LogP contribution is -2.43. The molecule has 3 atom stereocenters. The van der Waals surface area contributed by atoms with E-state index in [0.29, 0.717) is 6.04 Å². The van der Waals surface area contributed by atoms with Crippen LogP contribution in [0.25, 0.3) is 0 Å². The fourth-order valence-electron chi connectivity index (χ4n) is 4.09. The molecule has 0 spiro atoms. The van der Waals surface area contributed by atoms with Crippen LogP contribution in [0.5, 0.6) is 0 Å². The lowest BCUT2D eigenvalue weighted by Gasteiger charge is -2.37. The zero-order chi connectivity index (χ0) is 13.5. The van der Waals surface area contributed by atoms with E-state index >= 15 is 0 Å². The van der Waals surface area contributed by atoms with Gasteiger partial charge in [0, 0.05) is 12.6 Å². The van der Waals surface area contributed by atoms with Gasteiger partial charge < -0.3 is 10.6 Å². The van der Waals surface area contributed by atoms with Gasteiger partial charge in [-0.2, -0.15) is 0 Å². The molecule has 1 aliphatic heterocycles. The van der Waals surface area contributed by atoms with Crippen molar-refractivity contribution in [2.45, 2.75) is 77.2 Å². The molecule has 2 aliphatic rings. The molecule has 0 radical (unpaired) electrons. The Labute approximate surface area is 120 Å². The summed E-state index contributed by atoms with van der Waals surface area (Å²) < 4.78 is 0. The number of nitrogens with zero attached hydrogens (tertiary/aromatic N) is 1. The minimum atomic E-state index is 0.471. The quantitative estimate of drug-likeness (QED) is 0.838. The van der Waals surface area contributed by atoms with Crippen LogP contribution in [-0.4, -0.2) is 30.6 Å². The molecule has 2 nitrogen and oxygen atoms in total. The van der Waals surface area contributed by atoms with Crippen molar-refractivity contribution in [2.24, 2.45) is 17.6 Å². The van der Waals surface area contributed by atoms with Gasteiger partial charge in [-0.25, -0.2) is 0 Å². The van der Waals surface area contributed by atoms with Crippen molar-refractivity contribution in [3.8, 4) is 0 Å². The first kappa shape index (κ1) is 15.3. The zero-order valence-corrected chi connectivity index (χ0v) is 12.9. The lowest BCUT2D eigenvalue weighted by molar-refractivity contribution is 0.144. The van der Waals surface area contributed by atoms with Gasteiger partial charge in [-0.05, 0) is 57.0 Å². The Morgan fingerprint density at radius 1 is 1.00 bits per heavy atom. The van der Waals surface area contributed by atoms with Crippen molar-refractivity contribution >= 4 is 0 Å². The Balaban J connectivity index is 1.80. The maximum atomic E-state index is 6.40. The average Bonchev–Trinajstić information content (AvgIpc) is 2.36. The summed E-state index contributed by atoms with van der Waals surface area (Å²) in [6, 6.07) is 0.471. The van der Waals surface area contributed by atoms with Crippen molar-refractivity contribution in [1.29, 1.82) is 0 Å². The molecular formula is C17H34N2. The average molecular weight is 266 g/mol. The topological polar surface area (TPSA) is 29.3 Å². The monoisotopic (exact) mass is 266 g/mol. The number of hydrogen-bond acceptors (Lipinski definition) is 2. The van der Waals surface area contributed by atoms with Crippen molar-refractivity contribution in [2.75, 3.05) is 19.6 Å². The molecule has 1 saturated heterocycles. The Morgan fingerprint density at radius 2 is 1.68 bits per heavy atom. The maximum absolute atomic E-state index is 6.40. The Bertz CT molecular complexity index is 233. The van der Waals surface area contributed by atoms with Gasteiger partial charge in [-0.15, -0.1) is 0 Å². The molecular weight excluding hydrogens is 232 g/mol. The van der Waals surface area contributed by atoms with Crippen molar-refractivity contribution < 1.29 is 0 Å². The maximum Gasteiger partial charge on any atom is 0.00795 e. The predicted octanol–water partition coefficient (Wildman–Crippen LogP) is 3.80. The third-order valence-electron chi connectivity index (χ3n) is 5.29. The summed E-state index contributed by atoms with van der Waals surface area (Å²) in [4.78, 5) is 2.72. The molecule has 2 fully saturated rings. The van der Waals surface area contributed by atoms with Crippen molar-refractivity contribution in [1.82, 2.24) is 4.90 Å². The van der Waals surface area contributed by atoms with Crippen LogP contribution in [0.2, 0.25) is 0 Å². The fraction of sp³-hybridized carbons (Fsp3) is 1.00. The summed E-state index contributed by atoms with van der Waals surface area (Å²) >= 11 is 0. The molecule has 2 rings (SSSR count). The van der Waals surface area contributed by atoms with E-state index in [1.165, 1.54) is 83.8 Å². The minimum absolute atomic E-state index is 0.471. The summed E-state index contributed by atoms with van der Waals surface area (Å²) in [7, 11) is 0. The largest absolute Gasteiger partial charge is 0.327 e. The molecule has 0 aromatic carbocycles. The van der Waals surface area contributed by atoms with Gasteiger partial charge in [0.15, 0.2) is 0 Å². The van der Waals surface area contributed by atoms with Crippen LogP contribution in [0.1, 0.15) is 71.1 Å². The van der Waals surface area contributed by atoms with E-state index in [0.717, 1.165) is 11.8 Å². The second-order valence-corrected chi connectivity index (χ2v) is 6.96. The smallest absolute Gasteiger partial charge is 0.00795 e. The Hall–Kier alpha value is -0.0800. The molecule has 2 N–H and O–H groups in total. The summed E-state index contributed by atoms with van der Waals surface area (Å²) in [5, 5.41) is 0. The Morgan fingerprint density at radius 3 is 2.37 bits per heavy atom. The number of hydrogen-bond donors (Lipinski definition) is 1. The van der Waals surface area contributed by atoms with Crippen LogP contribution in [0.3, 0.4) is 0 Å². The van der Waals surface area contributed by atoms with Gasteiger partial charge in [0.05, 0.1) is 0 Å². The molecule has 0 amide bonds. The number of nitrogens with two attached hydrogens (primary N) is 1. The number of rotatable bonds is 4. The van der Waals surface area contributed by atoms with Gasteiger partial charge in [-0.1, -0.05) is 39.0 Å². The lowest BCUT2D eigenvalue weighted by atomic mass is 9.76. The van der Waals surface area contributed by atoms with Gasteiger partial charge in [0.1, 0.15) is 0 Å². The molecule has 112 valence electrons. The van der Waals surface area contributed by atoms with Crippen LogP contribution in [0.4, 0.5) is 0 Å². The van der Waals surface area contributed by atoms with E-state index in [2.05, 4.69) is 11.8 Å². The summed E-state index contributed by atoms with van der Waals surface area (Å²) in [5.74, 6) is 1.73. The van der Waals surface area contributed by atoms with Crippen LogP contribution in [0, 0.1) is 11.8 Å². The van der Waals surface area contributed by atoms with Gasteiger partial charge in [0.2, 0.25) is 0 Å². The van der Waals surface area contributed by atoms with E-state index in [1.54, 1.807) is 0 Å². The predicted molar refractivity (Wildman–Crippen MR) is 83.2 cm³/mol. The van der Waals surface area contributed by atoms with E-state index in [1.807, 2.05) is 0 Å². The first-order valence-electron chi connectivity index (χ1n) is 8.77. The van der Waals surface area contributed by atoms with E-state index in [4.69, 9.17) is 5.73 Å².